The second kappa shape index (κ2) is 9.17. The molecule has 0 amide bonds. The minimum atomic E-state index is -0.795. The normalized spacial score (nSPS) is 14.5. The van der Waals surface area contributed by atoms with Crippen LogP contribution in [-0.2, 0) is 6.42 Å². The highest BCUT2D eigenvalue weighted by Gasteiger charge is 2.20. The van der Waals surface area contributed by atoms with Crippen LogP contribution in [0.4, 0.5) is 8.78 Å². The largest absolute Gasteiger partial charge is 0.357 e. The van der Waals surface area contributed by atoms with Gasteiger partial charge >= 0.3 is 0 Å². The third-order valence-electron chi connectivity index (χ3n) is 3.27. The summed E-state index contributed by atoms with van der Waals surface area (Å²) in [6, 6.07) is 4.27. The molecule has 2 N–H and O–H groups in total. The molecule has 1 aliphatic rings. The van der Waals surface area contributed by atoms with Gasteiger partial charge < -0.3 is 10.6 Å². The smallest absolute Gasteiger partial charge is 0.191 e. The van der Waals surface area contributed by atoms with Crippen molar-refractivity contribution in [1.29, 1.82) is 0 Å². The molecule has 0 atom stereocenters. The molecule has 1 aromatic carbocycles. The van der Waals surface area contributed by atoms with Gasteiger partial charge in [-0.3, -0.25) is 4.99 Å². The van der Waals surface area contributed by atoms with Gasteiger partial charge in [0.15, 0.2) is 17.6 Å². The predicted molar refractivity (Wildman–Crippen MR) is 92.2 cm³/mol. The molecule has 0 bridgehead atoms. The van der Waals surface area contributed by atoms with Gasteiger partial charge in [0.25, 0.3) is 0 Å². The van der Waals surface area contributed by atoms with Crippen molar-refractivity contribution in [2.24, 2.45) is 10.9 Å². The molecular formula is C15H22F2IN3. The Kier molecular flexibility index (Phi) is 7.92. The van der Waals surface area contributed by atoms with E-state index in [0.717, 1.165) is 31.0 Å². The van der Waals surface area contributed by atoms with Gasteiger partial charge in [0.05, 0.1) is 0 Å². The van der Waals surface area contributed by atoms with Crippen LogP contribution in [-0.4, -0.2) is 25.6 Å². The molecule has 0 saturated heterocycles. The summed E-state index contributed by atoms with van der Waals surface area (Å²) >= 11 is 0. The molecule has 0 spiro atoms. The maximum atomic E-state index is 13.5. The van der Waals surface area contributed by atoms with Crippen molar-refractivity contribution in [3.05, 3.63) is 35.4 Å². The summed E-state index contributed by atoms with van der Waals surface area (Å²) in [7, 11) is 0. The molecule has 118 valence electrons. The average molecular weight is 409 g/mol. The lowest BCUT2D eigenvalue weighted by molar-refractivity contribution is 0.498. The van der Waals surface area contributed by atoms with E-state index in [0.29, 0.717) is 18.5 Å². The molecule has 3 nitrogen and oxygen atoms in total. The van der Waals surface area contributed by atoms with Crippen molar-refractivity contribution < 1.29 is 8.78 Å². The van der Waals surface area contributed by atoms with E-state index in [1.165, 1.54) is 18.9 Å². The van der Waals surface area contributed by atoms with Crippen molar-refractivity contribution in [2.45, 2.75) is 26.2 Å². The highest BCUT2D eigenvalue weighted by Crippen LogP contribution is 2.28. The van der Waals surface area contributed by atoms with Crippen molar-refractivity contribution in [2.75, 3.05) is 19.6 Å². The van der Waals surface area contributed by atoms with Crippen LogP contribution < -0.4 is 10.6 Å². The number of halogens is 3. The summed E-state index contributed by atoms with van der Waals surface area (Å²) in [4.78, 5) is 4.47. The molecule has 0 aliphatic heterocycles. The summed E-state index contributed by atoms with van der Waals surface area (Å²) < 4.78 is 26.6. The van der Waals surface area contributed by atoms with Gasteiger partial charge in [-0.1, -0.05) is 12.1 Å². The Bertz CT molecular complexity index is 476. The van der Waals surface area contributed by atoms with E-state index in [1.54, 1.807) is 6.07 Å². The summed E-state index contributed by atoms with van der Waals surface area (Å²) in [5, 5.41) is 6.30. The third-order valence-corrected chi connectivity index (χ3v) is 3.27. The first-order valence-electron chi connectivity index (χ1n) is 7.15. The highest BCUT2D eigenvalue weighted by molar-refractivity contribution is 14.0. The summed E-state index contributed by atoms with van der Waals surface area (Å²) in [5.74, 6) is -0.0756. The van der Waals surface area contributed by atoms with Crippen LogP contribution in [0.2, 0.25) is 0 Å². The zero-order chi connectivity index (χ0) is 14.4. The maximum absolute atomic E-state index is 13.5. The van der Waals surface area contributed by atoms with Gasteiger partial charge in [-0.15, -0.1) is 24.0 Å². The lowest BCUT2D eigenvalue weighted by Crippen LogP contribution is -2.38. The van der Waals surface area contributed by atoms with Gasteiger partial charge in [-0.25, -0.2) is 8.78 Å². The highest BCUT2D eigenvalue weighted by atomic mass is 127. The topological polar surface area (TPSA) is 36.4 Å². The quantitative estimate of drug-likeness (QED) is 0.431. The van der Waals surface area contributed by atoms with E-state index < -0.39 is 11.6 Å². The van der Waals surface area contributed by atoms with E-state index in [4.69, 9.17) is 0 Å². The number of guanidine groups is 1. The molecule has 0 unspecified atom stereocenters. The second-order valence-corrected chi connectivity index (χ2v) is 5.05. The first-order chi connectivity index (χ1) is 9.70. The van der Waals surface area contributed by atoms with E-state index in [-0.39, 0.29) is 24.0 Å². The molecule has 1 aliphatic carbocycles. The van der Waals surface area contributed by atoms with Crippen LogP contribution in [0.25, 0.3) is 0 Å². The Balaban J connectivity index is 0.00000220. The Hall–Kier alpha value is -0.920. The number of rotatable bonds is 6. The van der Waals surface area contributed by atoms with E-state index >= 15 is 0 Å². The zero-order valence-electron chi connectivity index (χ0n) is 12.2. The molecule has 1 saturated carbocycles. The Labute approximate surface area is 141 Å². The fourth-order valence-electron chi connectivity index (χ4n) is 1.92. The van der Waals surface area contributed by atoms with Crippen molar-refractivity contribution in [3.63, 3.8) is 0 Å². The molecule has 1 aromatic rings. The summed E-state index contributed by atoms with van der Waals surface area (Å²) in [6.45, 7) is 4.14. The number of nitrogens with one attached hydrogen (secondary N) is 2. The summed E-state index contributed by atoms with van der Waals surface area (Å²) in [5.41, 5.74) is 0.385. The number of hydrogen-bond donors (Lipinski definition) is 2. The monoisotopic (exact) mass is 409 g/mol. The number of aliphatic imine (C=N–C) groups is 1. The molecule has 0 aromatic heterocycles. The van der Waals surface area contributed by atoms with Crippen LogP contribution in [0.5, 0.6) is 0 Å². The van der Waals surface area contributed by atoms with Gasteiger partial charge in [0.2, 0.25) is 0 Å². The lowest BCUT2D eigenvalue weighted by atomic mass is 10.1. The third kappa shape index (κ3) is 6.15. The van der Waals surface area contributed by atoms with Crippen LogP contribution in [0.1, 0.15) is 25.3 Å². The van der Waals surface area contributed by atoms with Crippen molar-refractivity contribution in [1.82, 2.24) is 10.6 Å². The molecular weight excluding hydrogens is 387 g/mol. The number of nitrogens with zero attached hydrogens (tertiary/aromatic N) is 1. The first kappa shape index (κ1) is 18.1. The Morgan fingerprint density at radius 2 is 2.05 bits per heavy atom. The zero-order valence-corrected chi connectivity index (χ0v) is 14.5. The Morgan fingerprint density at radius 3 is 2.71 bits per heavy atom. The van der Waals surface area contributed by atoms with Crippen LogP contribution in [0.3, 0.4) is 0 Å². The van der Waals surface area contributed by atoms with Crippen molar-refractivity contribution >= 4 is 29.9 Å². The second-order valence-electron chi connectivity index (χ2n) is 5.05. The van der Waals surface area contributed by atoms with E-state index in [2.05, 4.69) is 15.6 Å². The van der Waals surface area contributed by atoms with Gasteiger partial charge in [0.1, 0.15) is 0 Å². The van der Waals surface area contributed by atoms with E-state index in [1.807, 2.05) is 6.92 Å². The molecule has 0 heterocycles. The maximum Gasteiger partial charge on any atom is 0.191 e. The minimum absolute atomic E-state index is 0. The predicted octanol–water partition coefficient (Wildman–Crippen LogP) is 3.09. The molecule has 21 heavy (non-hydrogen) atoms. The lowest BCUT2D eigenvalue weighted by Gasteiger charge is -2.11. The summed E-state index contributed by atoms with van der Waals surface area (Å²) in [6.07, 6.45) is 2.95. The van der Waals surface area contributed by atoms with Crippen LogP contribution in [0.15, 0.2) is 23.2 Å². The van der Waals surface area contributed by atoms with Crippen LogP contribution >= 0.6 is 24.0 Å². The van der Waals surface area contributed by atoms with Gasteiger partial charge in [-0.05, 0) is 43.7 Å². The first-order valence-corrected chi connectivity index (χ1v) is 7.15. The fraction of sp³-hybridized carbons (Fsp3) is 0.533. The van der Waals surface area contributed by atoms with Gasteiger partial charge in [0, 0.05) is 19.6 Å². The van der Waals surface area contributed by atoms with Gasteiger partial charge in [-0.2, -0.15) is 0 Å². The number of benzene rings is 1. The standard InChI is InChI=1S/C15H21F2N3.HI/c1-2-18-15(20-10-11-6-7-11)19-9-8-12-4-3-5-13(16)14(12)17;/h3-5,11H,2,6-10H2,1H3,(H2,18,19,20);1H. The minimum Gasteiger partial charge on any atom is -0.357 e. The molecule has 6 heteroatoms. The SMILES string of the molecule is CCNC(=NCC1CC1)NCCc1cccc(F)c1F.I. The van der Waals surface area contributed by atoms with Crippen molar-refractivity contribution in [3.8, 4) is 0 Å². The average Bonchev–Trinajstić information content (AvgIpc) is 3.25. The molecule has 0 radical (unpaired) electrons. The van der Waals surface area contributed by atoms with E-state index in [9.17, 15) is 8.78 Å². The molecule has 2 rings (SSSR count). The molecule has 1 fully saturated rings. The number of hydrogen-bond acceptors (Lipinski definition) is 1. The van der Waals surface area contributed by atoms with Crippen LogP contribution in [0, 0.1) is 17.6 Å². The Morgan fingerprint density at radius 1 is 1.29 bits per heavy atom. The fourth-order valence-corrected chi connectivity index (χ4v) is 1.92.